The lowest BCUT2D eigenvalue weighted by atomic mass is 9.99. The minimum atomic E-state index is -0.406. The summed E-state index contributed by atoms with van der Waals surface area (Å²) in [5.74, 6) is 0.332. The number of hydrogen-bond donors (Lipinski definition) is 2. The molecule has 9 heteroatoms. The Kier molecular flexibility index (Phi) is 8.73. The van der Waals surface area contributed by atoms with Crippen molar-refractivity contribution in [3.8, 4) is 0 Å². The summed E-state index contributed by atoms with van der Waals surface area (Å²) >= 11 is 0. The number of amides is 1. The van der Waals surface area contributed by atoms with E-state index in [1.54, 1.807) is 23.2 Å². The molecule has 2 aromatic rings. The maximum Gasteiger partial charge on any atom is 0.263 e. The third kappa shape index (κ3) is 6.46. The molecule has 1 aromatic heterocycles. The number of hydrogen-bond acceptors (Lipinski definition) is 7. The number of amidine groups is 1. The zero-order valence-electron chi connectivity index (χ0n) is 23.9. The van der Waals surface area contributed by atoms with Crippen LogP contribution in [0, 0.1) is 5.82 Å². The molecule has 5 rings (SSSR count). The van der Waals surface area contributed by atoms with Crippen molar-refractivity contribution < 1.29 is 14.0 Å². The molecule has 3 aliphatic rings. The van der Waals surface area contributed by atoms with Crippen LogP contribution in [0.2, 0.25) is 0 Å². The number of rotatable bonds is 9. The standard InChI is InChI=1S/C32H37FN6O2/c1-4-7-30(36-24-11-12-29(27(33)19-24)38-16-14-34-15-17-38)37-31-22(5-2)18-26(21(3)40)32(41)39(31)20-28-25(23-9-10-23)8-6-13-35-28/h5-8,11-13,18-19,23,34,36H,4,9-10,14-17,20H2,1-3H3/b22-5-,30-7-,37-31+. The number of benzene rings is 1. The smallest absolute Gasteiger partial charge is 0.263 e. The summed E-state index contributed by atoms with van der Waals surface area (Å²) in [4.78, 5) is 39.2. The van der Waals surface area contributed by atoms with Crippen molar-refractivity contribution in [1.29, 1.82) is 0 Å². The number of nitrogens with zero attached hydrogens (tertiary/aromatic N) is 4. The molecule has 1 saturated heterocycles. The van der Waals surface area contributed by atoms with Crippen LogP contribution in [0.1, 0.15) is 57.2 Å². The monoisotopic (exact) mass is 556 g/mol. The molecule has 0 radical (unpaired) electrons. The SMILES string of the molecule is C/C=C1/C=C(C(C)=O)C(=O)N(Cc2ncccc2C2CC2)/C1=N/C(=C\CC)Nc1ccc(N2CCNCC2)c(F)c1. The van der Waals surface area contributed by atoms with Crippen LogP contribution in [0.4, 0.5) is 15.8 Å². The molecule has 1 aliphatic carbocycles. The number of ketones is 1. The van der Waals surface area contributed by atoms with E-state index in [-0.39, 0.29) is 23.7 Å². The van der Waals surface area contributed by atoms with Crippen molar-refractivity contribution in [3.63, 3.8) is 0 Å². The van der Waals surface area contributed by atoms with E-state index in [1.807, 2.05) is 43.0 Å². The first-order valence-electron chi connectivity index (χ1n) is 14.4. The number of aromatic nitrogens is 1. The molecular weight excluding hydrogens is 519 g/mol. The average Bonchev–Trinajstić information content (AvgIpc) is 3.81. The Morgan fingerprint density at radius 2 is 2.02 bits per heavy atom. The van der Waals surface area contributed by atoms with Crippen molar-refractivity contribution in [3.05, 3.63) is 88.8 Å². The second-order valence-electron chi connectivity index (χ2n) is 10.5. The summed E-state index contributed by atoms with van der Waals surface area (Å²) in [6, 6.07) is 9.09. The van der Waals surface area contributed by atoms with Gasteiger partial charge in [-0.3, -0.25) is 19.5 Å². The number of allylic oxidation sites excluding steroid dienone is 2. The first-order chi connectivity index (χ1) is 19.9. The zero-order valence-corrected chi connectivity index (χ0v) is 23.9. The van der Waals surface area contributed by atoms with Crippen LogP contribution in [0.25, 0.3) is 0 Å². The largest absolute Gasteiger partial charge is 0.367 e. The van der Waals surface area contributed by atoms with Gasteiger partial charge in [0.15, 0.2) is 5.78 Å². The van der Waals surface area contributed by atoms with Gasteiger partial charge in [0.1, 0.15) is 17.5 Å². The molecule has 2 fully saturated rings. The normalized spacial score (nSPS) is 20.0. The second-order valence-corrected chi connectivity index (χ2v) is 10.5. The van der Waals surface area contributed by atoms with Gasteiger partial charge in [0.25, 0.3) is 5.91 Å². The summed E-state index contributed by atoms with van der Waals surface area (Å²) in [5, 5.41) is 6.54. The molecule has 2 aliphatic heterocycles. The van der Waals surface area contributed by atoms with Gasteiger partial charge in [-0.2, -0.15) is 0 Å². The van der Waals surface area contributed by atoms with Crippen LogP contribution in [0.15, 0.2) is 76.7 Å². The number of anilines is 2. The number of aliphatic imine (C=N–C) groups is 1. The Hall–Kier alpha value is -4.11. The third-order valence-electron chi connectivity index (χ3n) is 7.53. The van der Waals surface area contributed by atoms with Crippen molar-refractivity contribution in [2.75, 3.05) is 36.4 Å². The minimum absolute atomic E-state index is 0.112. The number of piperazine rings is 1. The quantitative estimate of drug-likeness (QED) is 0.419. The van der Waals surface area contributed by atoms with Gasteiger partial charge < -0.3 is 15.5 Å². The second kappa shape index (κ2) is 12.6. The lowest BCUT2D eigenvalue weighted by molar-refractivity contribution is -0.126. The summed E-state index contributed by atoms with van der Waals surface area (Å²) in [5.41, 5.74) is 3.83. The highest BCUT2D eigenvalue weighted by atomic mass is 19.1. The summed E-state index contributed by atoms with van der Waals surface area (Å²) < 4.78 is 15.2. The summed E-state index contributed by atoms with van der Waals surface area (Å²) in [6.07, 6.45) is 9.94. The van der Waals surface area contributed by atoms with E-state index in [2.05, 4.69) is 21.7 Å². The van der Waals surface area contributed by atoms with E-state index in [1.165, 1.54) is 13.0 Å². The van der Waals surface area contributed by atoms with E-state index in [4.69, 9.17) is 4.99 Å². The first-order valence-corrected chi connectivity index (χ1v) is 14.4. The zero-order chi connectivity index (χ0) is 28.9. The van der Waals surface area contributed by atoms with Crippen LogP contribution in [0.5, 0.6) is 0 Å². The van der Waals surface area contributed by atoms with Gasteiger partial charge in [-0.1, -0.05) is 19.1 Å². The van der Waals surface area contributed by atoms with Crippen LogP contribution >= 0.6 is 0 Å². The average molecular weight is 557 g/mol. The van der Waals surface area contributed by atoms with E-state index in [0.29, 0.717) is 40.9 Å². The molecule has 0 bridgehead atoms. The van der Waals surface area contributed by atoms with Gasteiger partial charge >= 0.3 is 0 Å². The number of carbonyl (C=O) groups is 2. The van der Waals surface area contributed by atoms with Gasteiger partial charge in [0.2, 0.25) is 0 Å². The first kappa shape index (κ1) is 28.4. The van der Waals surface area contributed by atoms with Gasteiger partial charge in [-0.05, 0) is 81.0 Å². The molecule has 0 atom stereocenters. The Labute approximate surface area is 240 Å². The molecule has 8 nitrogen and oxygen atoms in total. The molecule has 3 heterocycles. The molecule has 1 aromatic carbocycles. The minimum Gasteiger partial charge on any atom is -0.367 e. The Balaban J connectivity index is 1.49. The maximum absolute atomic E-state index is 15.2. The van der Waals surface area contributed by atoms with E-state index < -0.39 is 5.91 Å². The fourth-order valence-corrected chi connectivity index (χ4v) is 5.24. The molecular formula is C32H37FN6O2. The predicted molar refractivity (Wildman–Crippen MR) is 160 cm³/mol. The number of carbonyl (C=O) groups excluding carboxylic acids is 2. The molecule has 214 valence electrons. The topological polar surface area (TPSA) is 89.9 Å². The lowest BCUT2D eigenvalue weighted by Crippen LogP contribution is -2.43. The fraction of sp³-hybridized carbons (Fsp3) is 0.375. The number of nitrogens with one attached hydrogen (secondary N) is 2. The maximum atomic E-state index is 15.2. The summed E-state index contributed by atoms with van der Waals surface area (Å²) in [6.45, 7) is 8.58. The molecule has 2 N–H and O–H groups in total. The van der Waals surface area contributed by atoms with Crippen molar-refractivity contribution in [2.24, 2.45) is 4.99 Å². The van der Waals surface area contributed by atoms with Crippen LogP contribution in [0.3, 0.4) is 0 Å². The molecule has 1 amide bonds. The highest BCUT2D eigenvalue weighted by Gasteiger charge is 2.34. The molecule has 0 unspecified atom stereocenters. The highest BCUT2D eigenvalue weighted by Crippen LogP contribution is 2.41. The van der Waals surface area contributed by atoms with Crippen LogP contribution in [-0.2, 0) is 16.1 Å². The fourth-order valence-electron chi connectivity index (χ4n) is 5.24. The third-order valence-corrected chi connectivity index (χ3v) is 7.53. The number of Topliss-reactive ketones (excluding diaryl/α,β-unsaturated/α-hetero) is 1. The van der Waals surface area contributed by atoms with E-state index >= 15 is 4.39 Å². The summed E-state index contributed by atoms with van der Waals surface area (Å²) in [7, 11) is 0. The predicted octanol–water partition coefficient (Wildman–Crippen LogP) is 5.07. The van der Waals surface area contributed by atoms with Gasteiger partial charge in [-0.15, -0.1) is 0 Å². The molecule has 1 saturated carbocycles. The van der Waals surface area contributed by atoms with Crippen molar-refractivity contribution in [2.45, 2.75) is 52.5 Å². The Bertz CT molecular complexity index is 1450. The van der Waals surface area contributed by atoms with E-state index in [9.17, 15) is 9.59 Å². The number of pyridine rings is 1. The lowest BCUT2D eigenvalue weighted by Gasteiger charge is -2.30. The van der Waals surface area contributed by atoms with Gasteiger partial charge in [-0.25, -0.2) is 9.38 Å². The number of halogens is 1. The van der Waals surface area contributed by atoms with Gasteiger partial charge in [0.05, 0.1) is 23.5 Å². The molecule has 41 heavy (non-hydrogen) atoms. The highest BCUT2D eigenvalue weighted by molar-refractivity contribution is 6.28. The van der Waals surface area contributed by atoms with E-state index in [0.717, 1.165) is 50.3 Å². The Morgan fingerprint density at radius 1 is 1.24 bits per heavy atom. The van der Waals surface area contributed by atoms with Crippen LogP contribution < -0.4 is 15.5 Å². The molecule has 0 spiro atoms. The Morgan fingerprint density at radius 3 is 2.68 bits per heavy atom. The van der Waals surface area contributed by atoms with Crippen molar-refractivity contribution >= 4 is 28.9 Å². The van der Waals surface area contributed by atoms with Gasteiger partial charge in [0, 0.05) is 43.6 Å². The van der Waals surface area contributed by atoms with Crippen molar-refractivity contribution in [1.82, 2.24) is 15.2 Å². The van der Waals surface area contributed by atoms with Crippen LogP contribution in [-0.4, -0.2) is 53.6 Å².